The van der Waals surface area contributed by atoms with Crippen molar-refractivity contribution in [3.63, 3.8) is 0 Å². The van der Waals surface area contributed by atoms with E-state index in [4.69, 9.17) is 16.3 Å². The number of rotatable bonds is 9. The Kier molecular flexibility index (Phi) is 8.68. The van der Waals surface area contributed by atoms with Crippen molar-refractivity contribution in [1.29, 1.82) is 0 Å². The van der Waals surface area contributed by atoms with Crippen LogP contribution in [0.25, 0.3) is 0 Å². The van der Waals surface area contributed by atoms with Crippen LogP contribution in [0, 0.1) is 11.7 Å². The van der Waals surface area contributed by atoms with Gasteiger partial charge in [0.05, 0.1) is 6.67 Å². The molecule has 0 aliphatic heterocycles. The SMILES string of the molecule is O=C(CCl)Oc1ccc(CCC2CCC(c3ccc(CCCF)cc3)CC2)cc1F. The molecule has 0 aromatic heterocycles. The standard InChI is InChI=1S/C25H29ClF2O2/c26-17-25(29)30-24-14-9-20(16-23(24)28)4-3-19-7-12-22(13-8-19)21-10-5-18(6-11-21)2-1-15-27/h5-6,9-11,14,16,19,22H,1-4,7-8,12-13,15,17H2. The number of carbonyl (C=O) groups excluding carboxylic acids is 1. The van der Waals surface area contributed by atoms with Gasteiger partial charge in [0.15, 0.2) is 11.6 Å². The molecule has 2 aromatic rings. The van der Waals surface area contributed by atoms with Gasteiger partial charge in [0.1, 0.15) is 5.88 Å². The Hall–Kier alpha value is -1.94. The minimum Gasteiger partial charge on any atom is -0.423 e. The van der Waals surface area contributed by atoms with Gasteiger partial charge in [-0.3, -0.25) is 9.18 Å². The third kappa shape index (κ3) is 6.53. The van der Waals surface area contributed by atoms with Gasteiger partial charge < -0.3 is 4.74 Å². The summed E-state index contributed by atoms with van der Waals surface area (Å²) >= 11 is 5.39. The fourth-order valence-electron chi connectivity index (χ4n) is 4.32. The van der Waals surface area contributed by atoms with Gasteiger partial charge in [-0.15, -0.1) is 11.6 Å². The molecule has 0 heterocycles. The van der Waals surface area contributed by atoms with Gasteiger partial charge in [-0.1, -0.05) is 30.3 Å². The van der Waals surface area contributed by atoms with E-state index in [9.17, 15) is 13.6 Å². The van der Waals surface area contributed by atoms with Gasteiger partial charge >= 0.3 is 5.97 Å². The average molecular weight is 435 g/mol. The summed E-state index contributed by atoms with van der Waals surface area (Å²) in [7, 11) is 0. The lowest BCUT2D eigenvalue weighted by Gasteiger charge is -2.29. The summed E-state index contributed by atoms with van der Waals surface area (Å²) in [6, 6.07) is 13.5. The van der Waals surface area contributed by atoms with Gasteiger partial charge in [-0.05, 0) is 92.0 Å². The van der Waals surface area contributed by atoms with E-state index >= 15 is 0 Å². The second-order valence-corrected chi connectivity index (χ2v) is 8.43. The highest BCUT2D eigenvalue weighted by Gasteiger charge is 2.22. The Morgan fingerprint density at radius 1 is 1.00 bits per heavy atom. The monoisotopic (exact) mass is 434 g/mol. The summed E-state index contributed by atoms with van der Waals surface area (Å²) in [6.07, 6.45) is 7.97. The number of carbonyl (C=O) groups is 1. The first-order chi connectivity index (χ1) is 14.6. The Bertz CT molecular complexity index is 814. The molecular weight excluding hydrogens is 406 g/mol. The molecule has 1 saturated carbocycles. The molecule has 0 atom stereocenters. The van der Waals surface area contributed by atoms with E-state index < -0.39 is 11.8 Å². The third-order valence-electron chi connectivity index (χ3n) is 6.07. The number of alkyl halides is 2. The van der Waals surface area contributed by atoms with Crippen LogP contribution in [-0.4, -0.2) is 18.5 Å². The van der Waals surface area contributed by atoms with Crippen LogP contribution in [-0.2, 0) is 17.6 Å². The van der Waals surface area contributed by atoms with Crippen LogP contribution in [0.5, 0.6) is 5.75 Å². The summed E-state index contributed by atoms with van der Waals surface area (Å²) in [5.41, 5.74) is 3.52. The first-order valence-corrected chi connectivity index (χ1v) is 11.3. The first-order valence-electron chi connectivity index (χ1n) is 10.8. The summed E-state index contributed by atoms with van der Waals surface area (Å²) in [5.74, 6) is -0.292. The van der Waals surface area contributed by atoms with Crippen molar-refractivity contribution in [1.82, 2.24) is 0 Å². The second-order valence-electron chi connectivity index (χ2n) is 8.16. The highest BCUT2D eigenvalue weighted by atomic mass is 35.5. The highest BCUT2D eigenvalue weighted by molar-refractivity contribution is 6.26. The van der Waals surface area contributed by atoms with Crippen molar-refractivity contribution in [2.45, 2.75) is 57.3 Å². The largest absolute Gasteiger partial charge is 0.423 e. The highest BCUT2D eigenvalue weighted by Crippen LogP contribution is 2.37. The van der Waals surface area contributed by atoms with E-state index in [-0.39, 0.29) is 18.3 Å². The summed E-state index contributed by atoms with van der Waals surface area (Å²) in [4.78, 5) is 11.2. The van der Waals surface area contributed by atoms with Crippen molar-refractivity contribution in [2.75, 3.05) is 12.6 Å². The van der Waals surface area contributed by atoms with Crippen LogP contribution in [0.15, 0.2) is 42.5 Å². The zero-order valence-corrected chi connectivity index (χ0v) is 18.0. The van der Waals surface area contributed by atoms with Crippen LogP contribution >= 0.6 is 11.6 Å². The van der Waals surface area contributed by atoms with E-state index in [1.807, 2.05) is 6.07 Å². The minimum absolute atomic E-state index is 0.0689. The maximum absolute atomic E-state index is 14.1. The molecule has 0 radical (unpaired) electrons. The van der Waals surface area contributed by atoms with Gasteiger partial charge in [0.2, 0.25) is 0 Å². The molecule has 2 aromatic carbocycles. The van der Waals surface area contributed by atoms with Crippen LogP contribution in [0.3, 0.4) is 0 Å². The van der Waals surface area contributed by atoms with Gasteiger partial charge in [0, 0.05) is 0 Å². The van der Waals surface area contributed by atoms with Gasteiger partial charge in [-0.2, -0.15) is 0 Å². The van der Waals surface area contributed by atoms with Crippen molar-refractivity contribution < 1.29 is 18.3 Å². The molecule has 5 heteroatoms. The minimum atomic E-state index is -0.658. The van der Waals surface area contributed by atoms with Crippen LogP contribution in [0.1, 0.15) is 61.1 Å². The zero-order valence-electron chi connectivity index (χ0n) is 17.2. The van der Waals surface area contributed by atoms with E-state index in [0.717, 1.165) is 24.8 Å². The molecule has 0 amide bonds. The molecule has 0 bridgehead atoms. The fraction of sp³-hybridized carbons (Fsp3) is 0.480. The maximum atomic E-state index is 14.1. The number of ether oxygens (including phenoxy) is 1. The van der Waals surface area contributed by atoms with E-state index in [0.29, 0.717) is 18.3 Å². The topological polar surface area (TPSA) is 26.3 Å². The van der Waals surface area contributed by atoms with E-state index in [2.05, 4.69) is 24.3 Å². The lowest BCUT2D eigenvalue weighted by molar-refractivity contribution is -0.131. The molecule has 0 N–H and O–H groups in total. The van der Waals surface area contributed by atoms with Crippen LogP contribution < -0.4 is 4.74 Å². The van der Waals surface area contributed by atoms with Crippen molar-refractivity contribution >= 4 is 17.6 Å². The molecule has 0 saturated heterocycles. The molecule has 1 fully saturated rings. The predicted octanol–water partition coefficient (Wildman–Crippen LogP) is 6.78. The maximum Gasteiger partial charge on any atom is 0.326 e. The van der Waals surface area contributed by atoms with E-state index in [1.54, 1.807) is 0 Å². The zero-order chi connectivity index (χ0) is 21.3. The number of hydrogen-bond acceptors (Lipinski definition) is 2. The third-order valence-corrected chi connectivity index (χ3v) is 6.29. The van der Waals surface area contributed by atoms with E-state index in [1.165, 1.54) is 48.9 Å². The summed E-state index contributed by atoms with van der Waals surface area (Å²) in [5, 5.41) is 0. The average Bonchev–Trinajstić information content (AvgIpc) is 2.78. The molecule has 30 heavy (non-hydrogen) atoms. The number of aryl methyl sites for hydroxylation is 2. The predicted molar refractivity (Wildman–Crippen MR) is 117 cm³/mol. The number of esters is 1. The summed E-state index contributed by atoms with van der Waals surface area (Å²) in [6.45, 7) is -0.260. The Labute approximate surface area is 182 Å². The molecule has 0 spiro atoms. The smallest absolute Gasteiger partial charge is 0.326 e. The summed E-state index contributed by atoms with van der Waals surface area (Å²) < 4.78 is 31.3. The number of halogens is 3. The molecule has 2 nitrogen and oxygen atoms in total. The van der Waals surface area contributed by atoms with Crippen LogP contribution in [0.2, 0.25) is 0 Å². The molecule has 3 rings (SSSR count). The Balaban J connectivity index is 1.44. The van der Waals surface area contributed by atoms with Gasteiger partial charge in [-0.25, -0.2) is 4.39 Å². The molecule has 162 valence electrons. The Morgan fingerprint density at radius 3 is 2.33 bits per heavy atom. The van der Waals surface area contributed by atoms with Gasteiger partial charge in [0.25, 0.3) is 0 Å². The number of benzene rings is 2. The Morgan fingerprint density at radius 2 is 1.70 bits per heavy atom. The fourth-order valence-corrected chi connectivity index (χ4v) is 4.37. The normalized spacial score (nSPS) is 18.9. The second kappa shape index (κ2) is 11.5. The van der Waals surface area contributed by atoms with Crippen molar-refractivity contribution in [2.24, 2.45) is 5.92 Å². The first kappa shape index (κ1) is 22.7. The number of hydrogen-bond donors (Lipinski definition) is 0. The van der Waals surface area contributed by atoms with Crippen molar-refractivity contribution in [3.05, 3.63) is 65.0 Å². The molecule has 0 unspecified atom stereocenters. The lowest BCUT2D eigenvalue weighted by atomic mass is 9.77. The molecule has 1 aliphatic rings. The van der Waals surface area contributed by atoms with Crippen molar-refractivity contribution in [3.8, 4) is 5.75 Å². The quantitative estimate of drug-likeness (QED) is 0.247. The lowest BCUT2D eigenvalue weighted by Crippen LogP contribution is -2.14. The molecular formula is C25H29ClF2O2. The van der Waals surface area contributed by atoms with Crippen LogP contribution in [0.4, 0.5) is 8.78 Å². The molecule has 1 aliphatic carbocycles.